The molecule has 3 aromatic rings. The number of hydrogen-bond donors (Lipinski definition) is 0. The summed E-state index contributed by atoms with van der Waals surface area (Å²) in [5, 5.41) is 1.14. The fraction of sp³-hybridized carbons (Fsp3) is 0.0667. The van der Waals surface area contributed by atoms with E-state index in [0.717, 1.165) is 21.0 Å². The van der Waals surface area contributed by atoms with Crippen LogP contribution in [0.3, 0.4) is 0 Å². The first kappa shape index (κ1) is 10.6. The Morgan fingerprint density at radius 1 is 1.00 bits per heavy atom. The zero-order valence-electron chi connectivity index (χ0n) is 9.41. The van der Waals surface area contributed by atoms with Crippen molar-refractivity contribution in [2.24, 2.45) is 0 Å². The molecule has 2 heteroatoms. The molecule has 0 bridgehead atoms. The molecule has 0 spiro atoms. The first-order valence-electron chi connectivity index (χ1n) is 5.48. The van der Waals surface area contributed by atoms with Crippen molar-refractivity contribution in [2.75, 3.05) is 0 Å². The molecule has 0 aliphatic rings. The minimum absolute atomic E-state index is 0.920. The van der Waals surface area contributed by atoms with Crippen LogP contribution in [0.25, 0.3) is 22.1 Å². The van der Waals surface area contributed by atoms with Crippen molar-refractivity contribution in [1.82, 2.24) is 0 Å². The van der Waals surface area contributed by atoms with Gasteiger partial charge in [-0.15, -0.1) is 0 Å². The topological polar surface area (TPSA) is 13.1 Å². The van der Waals surface area contributed by atoms with Gasteiger partial charge in [0.05, 0.1) is 6.26 Å². The van der Waals surface area contributed by atoms with Gasteiger partial charge >= 0.3 is 0 Å². The number of hydrogen-bond acceptors (Lipinski definition) is 1. The van der Waals surface area contributed by atoms with Gasteiger partial charge in [-0.05, 0) is 30.7 Å². The van der Waals surface area contributed by atoms with Gasteiger partial charge in [0, 0.05) is 15.4 Å². The highest BCUT2D eigenvalue weighted by atomic mass is 79.9. The van der Waals surface area contributed by atoms with Crippen molar-refractivity contribution in [1.29, 1.82) is 0 Å². The normalized spacial score (nSPS) is 10.9. The first-order chi connectivity index (χ1) is 8.24. The minimum atomic E-state index is 0.920. The van der Waals surface area contributed by atoms with Crippen LogP contribution in [0.15, 0.2) is 57.6 Å². The summed E-state index contributed by atoms with van der Waals surface area (Å²) in [6.45, 7) is 2.09. The standard InChI is InChI=1S/C15H11BrO/c1-10-2-4-11(5-3-10)14-9-17-15-7-6-12(16)8-13(14)15/h2-9H,1H3. The van der Waals surface area contributed by atoms with Crippen molar-refractivity contribution < 1.29 is 4.42 Å². The molecule has 0 saturated heterocycles. The molecule has 0 fully saturated rings. The highest BCUT2D eigenvalue weighted by molar-refractivity contribution is 9.10. The molecular formula is C15H11BrO. The molecule has 0 amide bonds. The van der Waals surface area contributed by atoms with Gasteiger partial charge in [0.2, 0.25) is 0 Å². The maximum Gasteiger partial charge on any atom is 0.134 e. The van der Waals surface area contributed by atoms with Gasteiger partial charge in [0.15, 0.2) is 0 Å². The maximum absolute atomic E-state index is 5.57. The van der Waals surface area contributed by atoms with E-state index in [1.165, 1.54) is 11.1 Å². The van der Waals surface area contributed by atoms with Crippen molar-refractivity contribution in [2.45, 2.75) is 6.92 Å². The zero-order valence-corrected chi connectivity index (χ0v) is 11.0. The highest BCUT2D eigenvalue weighted by Gasteiger charge is 2.07. The average molecular weight is 287 g/mol. The Bertz CT molecular complexity index is 665. The summed E-state index contributed by atoms with van der Waals surface area (Å²) in [7, 11) is 0. The van der Waals surface area contributed by atoms with Crippen LogP contribution in [0.5, 0.6) is 0 Å². The fourth-order valence-electron chi connectivity index (χ4n) is 1.96. The number of fused-ring (bicyclic) bond motifs is 1. The molecule has 0 saturated carbocycles. The molecule has 0 aliphatic heterocycles. The van der Waals surface area contributed by atoms with E-state index in [9.17, 15) is 0 Å². The van der Waals surface area contributed by atoms with Gasteiger partial charge in [-0.2, -0.15) is 0 Å². The predicted octanol–water partition coefficient (Wildman–Crippen LogP) is 5.17. The lowest BCUT2D eigenvalue weighted by Crippen LogP contribution is -1.76. The molecule has 0 aliphatic carbocycles. The highest BCUT2D eigenvalue weighted by Crippen LogP contribution is 2.32. The third kappa shape index (κ3) is 1.89. The quantitative estimate of drug-likeness (QED) is 0.601. The molecule has 2 aromatic carbocycles. The monoisotopic (exact) mass is 286 g/mol. The second-order valence-corrected chi connectivity index (χ2v) is 5.07. The van der Waals surface area contributed by atoms with E-state index < -0.39 is 0 Å². The van der Waals surface area contributed by atoms with E-state index in [1.807, 2.05) is 18.4 Å². The predicted molar refractivity (Wildman–Crippen MR) is 74.1 cm³/mol. The summed E-state index contributed by atoms with van der Waals surface area (Å²) in [5.41, 5.74) is 4.51. The molecule has 84 valence electrons. The fourth-order valence-corrected chi connectivity index (χ4v) is 2.32. The number of halogens is 1. The Morgan fingerprint density at radius 3 is 2.53 bits per heavy atom. The number of furan rings is 1. The SMILES string of the molecule is Cc1ccc(-c2coc3ccc(Br)cc23)cc1. The van der Waals surface area contributed by atoms with Crippen molar-refractivity contribution in [3.63, 3.8) is 0 Å². The number of rotatable bonds is 1. The minimum Gasteiger partial charge on any atom is -0.464 e. The van der Waals surface area contributed by atoms with Crippen LogP contribution in [0.4, 0.5) is 0 Å². The summed E-state index contributed by atoms with van der Waals surface area (Å²) < 4.78 is 6.64. The largest absolute Gasteiger partial charge is 0.464 e. The van der Waals surface area contributed by atoms with E-state index in [1.54, 1.807) is 0 Å². The maximum atomic E-state index is 5.57. The van der Waals surface area contributed by atoms with Crippen LogP contribution < -0.4 is 0 Å². The van der Waals surface area contributed by atoms with Crippen LogP contribution in [0, 0.1) is 6.92 Å². The first-order valence-corrected chi connectivity index (χ1v) is 6.27. The summed E-state index contributed by atoms with van der Waals surface area (Å²) in [6.07, 6.45) is 1.82. The van der Waals surface area contributed by atoms with Crippen LogP contribution >= 0.6 is 15.9 Å². The lowest BCUT2D eigenvalue weighted by atomic mass is 10.0. The third-order valence-electron chi connectivity index (χ3n) is 2.90. The molecule has 0 unspecified atom stereocenters. The molecule has 0 atom stereocenters. The summed E-state index contributed by atoms with van der Waals surface area (Å²) >= 11 is 3.49. The van der Waals surface area contributed by atoms with E-state index in [2.05, 4.69) is 53.2 Å². The molecule has 1 aromatic heterocycles. The molecule has 1 heterocycles. The lowest BCUT2D eigenvalue weighted by Gasteiger charge is -1.99. The Labute approximate surface area is 108 Å². The Hall–Kier alpha value is -1.54. The molecule has 0 N–H and O–H groups in total. The van der Waals surface area contributed by atoms with Gasteiger partial charge in [-0.1, -0.05) is 45.8 Å². The Kier molecular flexibility index (Phi) is 2.52. The molecule has 17 heavy (non-hydrogen) atoms. The number of aryl methyl sites for hydroxylation is 1. The van der Waals surface area contributed by atoms with E-state index in [-0.39, 0.29) is 0 Å². The zero-order chi connectivity index (χ0) is 11.8. The van der Waals surface area contributed by atoms with E-state index in [4.69, 9.17) is 4.42 Å². The van der Waals surface area contributed by atoms with Crippen molar-refractivity contribution >= 4 is 26.9 Å². The van der Waals surface area contributed by atoms with Crippen LogP contribution in [-0.4, -0.2) is 0 Å². The summed E-state index contributed by atoms with van der Waals surface area (Å²) in [5.74, 6) is 0. The van der Waals surface area contributed by atoms with Crippen LogP contribution in [0.2, 0.25) is 0 Å². The van der Waals surface area contributed by atoms with Crippen molar-refractivity contribution in [3.05, 3.63) is 58.8 Å². The summed E-state index contributed by atoms with van der Waals surface area (Å²) in [6, 6.07) is 14.6. The van der Waals surface area contributed by atoms with E-state index >= 15 is 0 Å². The molecule has 3 rings (SSSR count). The second-order valence-electron chi connectivity index (χ2n) is 4.16. The summed E-state index contributed by atoms with van der Waals surface area (Å²) in [4.78, 5) is 0. The smallest absolute Gasteiger partial charge is 0.134 e. The van der Waals surface area contributed by atoms with Crippen LogP contribution in [-0.2, 0) is 0 Å². The number of benzene rings is 2. The molecule has 0 radical (unpaired) electrons. The Morgan fingerprint density at radius 2 is 1.76 bits per heavy atom. The van der Waals surface area contributed by atoms with Gasteiger partial charge in [0.1, 0.15) is 5.58 Å². The van der Waals surface area contributed by atoms with Gasteiger partial charge in [-0.25, -0.2) is 0 Å². The average Bonchev–Trinajstić information content (AvgIpc) is 2.73. The van der Waals surface area contributed by atoms with Crippen molar-refractivity contribution in [3.8, 4) is 11.1 Å². The molecule has 1 nitrogen and oxygen atoms in total. The van der Waals surface area contributed by atoms with Crippen LogP contribution in [0.1, 0.15) is 5.56 Å². The van der Waals surface area contributed by atoms with Gasteiger partial charge in [0.25, 0.3) is 0 Å². The van der Waals surface area contributed by atoms with E-state index in [0.29, 0.717) is 0 Å². The second kappa shape index (κ2) is 4.04. The van der Waals surface area contributed by atoms with Gasteiger partial charge in [-0.3, -0.25) is 0 Å². The lowest BCUT2D eigenvalue weighted by molar-refractivity contribution is 0.617. The third-order valence-corrected chi connectivity index (χ3v) is 3.39. The molecular weight excluding hydrogens is 276 g/mol. The van der Waals surface area contributed by atoms with Gasteiger partial charge < -0.3 is 4.42 Å². The Balaban J connectivity index is 2.23.